The van der Waals surface area contributed by atoms with Gasteiger partial charge in [0.25, 0.3) is 0 Å². The molecule has 0 aromatic heterocycles. The molecule has 0 heterocycles. The van der Waals surface area contributed by atoms with E-state index in [0.29, 0.717) is 0 Å². The Morgan fingerprint density at radius 2 is 0.909 bits per heavy atom. The molecular formula is H7BNa2O7S. The number of rotatable bonds is 0. The van der Waals surface area contributed by atoms with Crippen molar-refractivity contribution in [3.8, 4) is 0 Å². The summed E-state index contributed by atoms with van der Waals surface area (Å²) in [6.07, 6.45) is 0. The van der Waals surface area contributed by atoms with E-state index in [1.165, 1.54) is 0 Å². The molecule has 60 valence electrons. The van der Waals surface area contributed by atoms with E-state index in [4.69, 9.17) is 32.6 Å². The molecule has 0 aliphatic heterocycles. The molecular weight excluding hydrogens is 201 g/mol. The summed E-state index contributed by atoms with van der Waals surface area (Å²) in [5.41, 5.74) is 0. The third-order valence-electron chi connectivity index (χ3n) is 0. The Kier molecular flexibility index (Phi) is 24.7. The second kappa shape index (κ2) is 11.8. The molecule has 0 bridgehead atoms. The van der Waals surface area contributed by atoms with Crippen LogP contribution >= 0.6 is 0 Å². The summed E-state index contributed by atoms with van der Waals surface area (Å²) >= 11 is 0. The summed E-state index contributed by atoms with van der Waals surface area (Å²) < 4.78 is 31.6. The van der Waals surface area contributed by atoms with Crippen molar-refractivity contribution in [2.75, 3.05) is 0 Å². The quantitative estimate of drug-likeness (QED) is 0.202. The zero-order valence-corrected chi connectivity index (χ0v) is 4.85. The molecule has 0 aromatic carbocycles. The molecule has 5 N–H and O–H groups in total. The van der Waals surface area contributed by atoms with Crippen LogP contribution in [0.25, 0.3) is 0 Å². The van der Waals surface area contributed by atoms with E-state index in [1.807, 2.05) is 0 Å². The first-order valence-electron chi connectivity index (χ1n) is 1.47. The molecule has 11 heavy (non-hydrogen) atoms. The summed E-state index contributed by atoms with van der Waals surface area (Å²) in [6, 6.07) is 0. The molecule has 0 fully saturated rings. The van der Waals surface area contributed by atoms with E-state index in [1.54, 1.807) is 0 Å². The van der Waals surface area contributed by atoms with Crippen LogP contribution in [0, 0.1) is 0 Å². The van der Waals surface area contributed by atoms with E-state index in [-0.39, 0.29) is 59.1 Å². The number of hydrogen-bond donors (Lipinski definition) is 5. The van der Waals surface area contributed by atoms with Gasteiger partial charge in [0.1, 0.15) is 0 Å². The first kappa shape index (κ1) is 23.0. The van der Waals surface area contributed by atoms with Gasteiger partial charge in [0.05, 0.1) is 0 Å². The normalized spacial score (nSPS) is 7.73. The Balaban J connectivity index is -0.0000000383. The van der Waals surface area contributed by atoms with Crippen LogP contribution < -0.4 is 0 Å². The molecule has 0 atom stereocenters. The third kappa shape index (κ3) is 346. The molecule has 0 aliphatic rings. The van der Waals surface area contributed by atoms with Crippen molar-refractivity contribution >= 4 is 76.8 Å². The molecule has 0 rings (SSSR count). The Labute approximate surface area is 108 Å². The molecule has 7 nitrogen and oxygen atoms in total. The molecule has 11 heteroatoms. The van der Waals surface area contributed by atoms with E-state index < -0.39 is 17.7 Å². The Hall–Kier alpha value is 1.81. The maximum atomic E-state index is 8.74. The third-order valence-corrected chi connectivity index (χ3v) is 0. The second-order valence-corrected chi connectivity index (χ2v) is 1.69. The topological polar surface area (TPSA) is 135 Å². The molecule has 0 spiro atoms. The van der Waals surface area contributed by atoms with Gasteiger partial charge < -0.3 is 15.1 Å². The van der Waals surface area contributed by atoms with Crippen molar-refractivity contribution in [2.45, 2.75) is 0 Å². The van der Waals surface area contributed by atoms with E-state index in [0.717, 1.165) is 0 Å². The van der Waals surface area contributed by atoms with Crippen LogP contribution in [0.4, 0.5) is 0 Å². The van der Waals surface area contributed by atoms with E-state index >= 15 is 0 Å². The van der Waals surface area contributed by atoms with Gasteiger partial charge in [-0.1, -0.05) is 0 Å². The second-order valence-electron chi connectivity index (χ2n) is 0.794. The summed E-state index contributed by atoms with van der Waals surface area (Å²) in [4.78, 5) is 0. The van der Waals surface area contributed by atoms with Crippen molar-refractivity contribution in [3.63, 3.8) is 0 Å². The Morgan fingerprint density at radius 1 is 0.909 bits per heavy atom. The van der Waals surface area contributed by atoms with Gasteiger partial charge in [0, 0.05) is 0 Å². The molecule has 0 aromatic rings. The maximum absolute atomic E-state index is 8.74. The first-order valence-corrected chi connectivity index (χ1v) is 2.87. The minimum atomic E-state index is -4.67. The van der Waals surface area contributed by atoms with Crippen LogP contribution in [0.2, 0.25) is 0 Å². The summed E-state index contributed by atoms with van der Waals surface area (Å²) in [5, 5.41) is 21.5. The molecule has 0 saturated carbocycles. The fourth-order valence-electron chi connectivity index (χ4n) is 0. The summed E-state index contributed by atoms with van der Waals surface area (Å²) in [7, 11) is -6.83. The van der Waals surface area contributed by atoms with Gasteiger partial charge in [-0.05, 0) is 0 Å². The summed E-state index contributed by atoms with van der Waals surface area (Å²) in [6.45, 7) is 0. The molecule has 0 unspecified atom stereocenters. The van der Waals surface area contributed by atoms with Gasteiger partial charge >= 0.3 is 76.8 Å². The summed E-state index contributed by atoms with van der Waals surface area (Å²) in [5.74, 6) is 0. The SMILES string of the molecule is O=S(=O)(O)O.OB(O)O.[NaH].[NaH]. The molecule has 0 radical (unpaired) electrons. The van der Waals surface area contributed by atoms with Crippen molar-refractivity contribution < 1.29 is 32.6 Å². The monoisotopic (exact) mass is 208 g/mol. The number of hydrogen-bond acceptors (Lipinski definition) is 5. The first-order chi connectivity index (χ1) is 3.73. The zero-order chi connectivity index (χ0) is 8.08. The standard InChI is InChI=1S/BH3O3.2Na.H2O4S.2H/c2-1(3)4;;;1-5(2,3)4;;/h2-4H;;;(H2,1,2,3,4);;. The predicted molar refractivity (Wildman–Crippen MR) is 40.9 cm³/mol. The van der Waals surface area contributed by atoms with E-state index in [2.05, 4.69) is 0 Å². The van der Waals surface area contributed by atoms with Crippen LogP contribution in [-0.2, 0) is 10.4 Å². The predicted octanol–water partition coefficient (Wildman–Crippen LogP) is -4.00. The van der Waals surface area contributed by atoms with Crippen LogP contribution in [0.3, 0.4) is 0 Å². The average molecular weight is 208 g/mol. The van der Waals surface area contributed by atoms with Crippen LogP contribution in [0.1, 0.15) is 0 Å². The van der Waals surface area contributed by atoms with Crippen molar-refractivity contribution in [2.24, 2.45) is 0 Å². The van der Waals surface area contributed by atoms with Crippen LogP contribution in [0.5, 0.6) is 0 Å². The van der Waals surface area contributed by atoms with Crippen LogP contribution in [0.15, 0.2) is 0 Å². The molecule has 0 saturated heterocycles. The fraction of sp³-hybridized carbons (Fsp3) is 0. The van der Waals surface area contributed by atoms with Gasteiger partial charge in [0.15, 0.2) is 0 Å². The van der Waals surface area contributed by atoms with Gasteiger partial charge in [-0.15, -0.1) is 0 Å². The zero-order valence-electron chi connectivity index (χ0n) is 4.04. The fourth-order valence-corrected chi connectivity index (χ4v) is 0. The van der Waals surface area contributed by atoms with E-state index in [9.17, 15) is 0 Å². The van der Waals surface area contributed by atoms with Gasteiger partial charge in [-0.2, -0.15) is 8.42 Å². The van der Waals surface area contributed by atoms with Gasteiger partial charge in [-0.25, -0.2) is 0 Å². The molecule has 0 amide bonds. The Bertz CT molecular complexity index is 128. The molecule has 0 aliphatic carbocycles. The van der Waals surface area contributed by atoms with Crippen molar-refractivity contribution in [3.05, 3.63) is 0 Å². The minimum absolute atomic E-state index is 0. The van der Waals surface area contributed by atoms with Gasteiger partial charge in [0.2, 0.25) is 0 Å². The van der Waals surface area contributed by atoms with Crippen molar-refractivity contribution in [1.82, 2.24) is 0 Å². The average Bonchev–Trinajstić information content (AvgIpc) is 1.19. The van der Waals surface area contributed by atoms with Crippen LogP contribution in [-0.4, -0.2) is 99.0 Å². The Morgan fingerprint density at radius 3 is 0.909 bits per heavy atom. The van der Waals surface area contributed by atoms with Gasteiger partial charge in [-0.3, -0.25) is 9.11 Å². The van der Waals surface area contributed by atoms with Crippen molar-refractivity contribution in [1.29, 1.82) is 0 Å².